The fourth-order valence-corrected chi connectivity index (χ4v) is 4.55. The Balaban J connectivity index is 1.29. The Hall–Kier alpha value is -3.16. The molecule has 3 aromatic carbocycles. The third-order valence-electron chi connectivity index (χ3n) is 5.27. The molecule has 0 atom stereocenters. The Labute approximate surface area is 201 Å². The molecule has 0 aliphatic carbocycles. The largest absolute Gasteiger partial charge is 0.493 e. The van der Waals surface area contributed by atoms with Crippen molar-refractivity contribution in [1.29, 1.82) is 0 Å². The van der Waals surface area contributed by atoms with Crippen LogP contribution in [0.5, 0.6) is 11.5 Å². The Morgan fingerprint density at radius 1 is 0.818 bits per heavy atom. The van der Waals surface area contributed by atoms with Crippen molar-refractivity contribution in [3.8, 4) is 11.5 Å². The first-order chi connectivity index (χ1) is 16.2. The molecule has 0 fully saturated rings. The molecule has 2 heterocycles. The van der Waals surface area contributed by atoms with Crippen LogP contribution in [0.2, 0.25) is 5.02 Å². The molecule has 0 N–H and O–H groups in total. The van der Waals surface area contributed by atoms with Crippen molar-refractivity contribution < 1.29 is 9.47 Å². The van der Waals surface area contributed by atoms with Crippen LogP contribution in [-0.4, -0.2) is 38.1 Å². The van der Waals surface area contributed by atoms with Gasteiger partial charge in [-0.15, -0.1) is 10.2 Å². The molecular weight excluding hydrogens is 456 g/mol. The molecule has 33 heavy (non-hydrogen) atoms. The number of halogens is 1. The number of rotatable bonds is 9. The smallest absolute Gasteiger partial charge is 0.237 e. The Bertz CT molecular complexity index is 1360. The van der Waals surface area contributed by atoms with E-state index in [4.69, 9.17) is 21.1 Å². The monoisotopic (exact) mass is 478 g/mol. The molecule has 0 saturated carbocycles. The van der Waals surface area contributed by atoms with Crippen LogP contribution in [0.4, 0.5) is 0 Å². The van der Waals surface area contributed by atoms with E-state index in [1.165, 1.54) is 5.56 Å². The molecule has 0 spiro atoms. The van der Waals surface area contributed by atoms with E-state index in [0.29, 0.717) is 24.8 Å². The van der Waals surface area contributed by atoms with Crippen LogP contribution in [0.25, 0.3) is 16.8 Å². The van der Waals surface area contributed by atoms with Gasteiger partial charge in [0.2, 0.25) is 5.78 Å². The summed E-state index contributed by atoms with van der Waals surface area (Å²) in [5, 5.41) is 10.5. The number of para-hydroxylation sites is 2. The van der Waals surface area contributed by atoms with Gasteiger partial charge in [0.1, 0.15) is 18.1 Å². The van der Waals surface area contributed by atoms with Gasteiger partial charge in [-0.05, 0) is 55.5 Å². The molecule has 0 aliphatic rings. The van der Waals surface area contributed by atoms with Crippen LogP contribution in [0.15, 0.2) is 78.0 Å². The van der Waals surface area contributed by atoms with Gasteiger partial charge in [0.25, 0.3) is 0 Å². The molecule has 2 aromatic heterocycles. The summed E-state index contributed by atoms with van der Waals surface area (Å²) in [6.45, 7) is 3.84. The van der Waals surface area contributed by atoms with Gasteiger partial charge < -0.3 is 14.0 Å². The molecule has 5 rings (SSSR count). The minimum Gasteiger partial charge on any atom is -0.493 e. The second-order valence-electron chi connectivity index (χ2n) is 7.57. The summed E-state index contributed by atoms with van der Waals surface area (Å²) in [4.78, 5) is 0. The summed E-state index contributed by atoms with van der Waals surface area (Å²) in [5.41, 5.74) is 3.40. The van der Waals surface area contributed by atoms with Gasteiger partial charge in [-0.2, -0.15) is 0 Å². The van der Waals surface area contributed by atoms with Crippen molar-refractivity contribution in [1.82, 2.24) is 19.2 Å². The highest BCUT2D eigenvalue weighted by atomic mass is 35.5. The molecule has 0 bridgehead atoms. The lowest BCUT2D eigenvalue weighted by molar-refractivity contribution is 0.301. The number of thioether (sulfide) groups is 1. The first-order valence-electron chi connectivity index (χ1n) is 10.7. The van der Waals surface area contributed by atoms with Crippen LogP contribution >= 0.6 is 23.4 Å². The Morgan fingerprint density at radius 3 is 2.24 bits per heavy atom. The third-order valence-corrected chi connectivity index (χ3v) is 6.42. The molecule has 5 aromatic rings. The van der Waals surface area contributed by atoms with Crippen molar-refractivity contribution in [2.45, 2.75) is 18.6 Å². The maximum absolute atomic E-state index is 5.96. The Kier molecular flexibility index (Phi) is 6.41. The predicted molar refractivity (Wildman–Crippen MR) is 133 cm³/mol. The van der Waals surface area contributed by atoms with Crippen LogP contribution in [0, 0.1) is 6.92 Å². The standard InChI is InChI=1S/C25H23ClN4O2S/c1-18-6-10-20(11-7-18)31-15-14-29-22-4-2-3-5-23(22)30-24(29)27-28-25(30)33-17-16-32-21-12-8-19(26)9-13-21/h2-13H,14-17H2,1H3. The van der Waals surface area contributed by atoms with E-state index in [0.717, 1.165) is 39.2 Å². The maximum atomic E-state index is 5.96. The van der Waals surface area contributed by atoms with Crippen molar-refractivity contribution in [2.24, 2.45) is 0 Å². The lowest BCUT2D eigenvalue weighted by Gasteiger charge is -2.08. The normalized spacial score (nSPS) is 11.3. The molecule has 0 unspecified atom stereocenters. The zero-order valence-electron chi connectivity index (χ0n) is 18.1. The lowest BCUT2D eigenvalue weighted by Crippen LogP contribution is -2.08. The van der Waals surface area contributed by atoms with Crippen LogP contribution in [0.3, 0.4) is 0 Å². The van der Waals surface area contributed by atoms with Crippen molar-refractivity contribution >= 4 is 40.2 Å². The fraction of sp³-hybridized carbons (Fsp3) is 0.200. The lowest BCUT2D eigenvalue weighted by atomic mass is 10.2. The van der Waals surface area contributed by atoms with E-state index >= 15 is 0 Å². The molecule has 0 amide bonds. The maximum Gasteiger partial charge on any atom is 0.237 e. The first kappa shape index (κ1) is 21.7. The van der Waals surface area contributed by atoms with E-state index in [-0.39, 0.29) is 0 Å². The second-order valence-corrected chi connectivity index (χ2v) is 9.07. The van der Waals surface area contributed by atoms with Gasteiger partial charge in [0, 0.05) is 10.8 Å². The van der Waals surface area contributed by atoms with E-state index in [2.05, 4.69) is 50.4 Å². The SMILES string of the molecule is Cc1ccc(OCCn2c3ccccc3n3c(SCCOc4ccc(Cl)cc4)nnc23)cc1. The number of hydrogen-bond acceptors (Lipinski definition) is 5. The summed E-state index contributed by atoms with van der Waals surface area (Å²) in [6, 6.07) is 23.8. The predicted octanol–water partition coefficient (Wildman–Crippen LogP) is 5.90. The van der Waals surface area contributed by atoms with Gasteiger partial charge in [-0.3, -0.25) is 4.40 Å². The third kappa shape index (κ3) is 4.79. The van der Waals surface area contributed by atoms with Gasteiger partial charge >= 0.3 is 0 Å². The van der Waals surface area contributed by atoms with E-state index in [9.17, 15) is 0 Å². The minimum atomic E-state index is 0.543. The number of aromatic nitrogens is 4. The van der Waals surface area contributed by atoms with Crippen molar-refractivity contribution in [3.63, 3.8) is 0 Å². The quantitative estimate of drug-likeness (QED) is 0.195. The topological polar surface area (TPSA) is 53.6 Å². The zero-order valence-corrected chi connectivity index (χ0v) is 19.7. The highest BCUT2D eigenvalue weighted by molar-refractivity contribution is 7.99. The number of benzene rings is 3. The van der Waals surface area contributed by atoms with Crippen LogP contribution in [-0.2, 0) is 6.54 Å². The van der Waals surface area contributed by atoms with E-state index in [1.54, 1.807) is 11.8 Å². The first-order valence-corrected chi connectivity index (χ1v) is 12.1. The fourth-order valence-electron chi connectivity index (χ4n) is 3.66. The number of nitrogens with zero attached hydrogens (tertiary/aromatic N) is 4. The molecule has 6 nitrogen and oxygen atoms in total. The summed E-state index contributed by atoms with van der Waals surface area (Å²) < 4.78 is 16.0. The summed E-state index contributed by atoms with van der Waals surface area (Å²) in [5.74, 6) is 3.23. The summed E-state index contributed by atoms with van der Waals surface area (Å²) >= 11 is 7.55. The van der Waals surface area contributed by atoms with Gasteiger partial charge in [0.05, 0.1) is 24.2 Å². The summed E-state index contributed by atoms with van der Waals surface area (Å²) in [6.07, 6.45) is 0. The van der Waals surface area contributed by atoms with E-state index < -0.39 is 0 Å². The zero-order chi connectivity index (χ0) is 22.6. The number of aryl methyl sites for hydroxylation is 1. The molecule has 8 heteroatoms. The van der Waals surface area contributed by atoms with Gasteiger partial charge in [0.15, 0.2) is 5.16 Å². The number of fused-ring (bicyclic) bond motifs is 3. The number of ether oxygens (including phenoxy) is 2. The van der Waals surface area contributed by atoms with Crippen LogP contribution in [0.1, 0.15) is 5.56 Å². The van der Waals surface area contributed by atoms with Gasteiger partial charge in [-0.25, -0.2) is 0 Å². The number of imidazole rings is 1. The molecule has 168 valence electrons. The minimum absolute atomic E-state index is 0.543. The highest BCUT2D eigenvalue weighted by Crippen LogP contribution is 2.26. The molecule has 0 radical (unpaired) electrons. The highest BCUT2D eigenvalue weighted by Gasteiger charge is 2.17. The Morgan fingerprint density at radius 2 is 1.48 bits per heavy atom. The average Bonchev–Trinajstić information content (AvgIpc) is 3.38. The molecule has 0 saturated heterocycles. The van der Waals surface area contributed by atoms with Crippen molar-refractivity contribution in [2.75, 3.05) is 19.0 Å². The van der Waals surface area contributed by atoms with E-state index in [1.807, 2.05) is 48.5 Å². The van der Waals surface area contributed by atoms with Crippen LogP contribution < -0.4 is 9.47 Å². The van der Waals surface area contributed by atoms with Gasteiger partial charge in [-0.1, -0.05) is 53.2 Å². The average molecular weight is 479 g/mol. The summed E-state index contributed by atoms with van der Waals surface area (Å²) in [7, 11) is 0. The molecular formula is C25H23ClN4O2S. The second kappa shape index (κ2) is 9.77. The molecule has 0 aliphatic heterocycles. The number of hydrogen-bond donors (Lipinski definition) is 0. The van der Waals surface area contributed by atoms with Crippen molar-refractivity contribution in [3.05, 3.63) is 83.4 Å².